The Morgan fingerprint density at radius 1 is 1.05 bits per heavy atom. The number of fused-ring (bicyclic) bond motifs is 6. The van der Waals surface area contributed by atoms with Crippen LogP contribution in [0.15, 0.2) is 40.2 Å². The van der Waals surface area contributed by atoms with Crippen molar-refractivity contribution in [1.82, 2.24) is 4.90 Å². The van der Waals surface area contributed by atoms with Gasteiger partial charge in [0.25, 0.3) is 0 Å². The first-order valence-corrected chi connectivity index (χ1v) is 8.85. The summed E-state index contributed by atoms with van der Waals surface area (Å²) in [5.74, 6) is 2.27. The molecule has 1 saturated carbocycles. The van der Waals surface area contributed by atoms with Crippen molar-refractivity contribution in [2.45, 2.75) is 44.9 Å². The van der Waals surface area contributed by atoms with Gasteiger partial charge in [0.1, 0.15) is 0 Å². The molecular formula is C19H24N2. The molecule has 2 heteroatoms. The van der Waals surface area contributed by atoms with Gasteiger partial charge in [-0.3, -0.25) is 4.99 Å². The number of nitrogens with zero attached hydrogens (tertiary/aromatic N) is 2. The first kappa shape index (κ1) is 12.3. The van der Waals surface area contributed by atoms with Crippen molar-refractivity contribution in [2.75, 3.05) is 13.1 Å². The van der Waals surface area contributed by atoms with Gasteiger partial charge in [0.2, 0.25) is 0 Å². The summed E-state index contributed by atoms with van der Waals surface area (Å²) in [6, 6.07) is 0. The number of piperidine rings is 1. The highest BCUT2D eigenvalue weighted by Gasteiger charge is 2.44. The van der Waals surface area contributed by atoms with E-state index in [9.17, 15) is 0 Å². The molecule has 3 unspecified atom stereocenters. The van der Waals surface area contributed by atoms with Gasteiger partial charge in [-0.15, -0.1) is 0 Å². The summed E-state index contributed by atoms with van der Waals surface area (Å²) in [5.41, 5.74) is 6.23. The second kappa shape index (κ2) is 4.59. The summed E-state index contributed by atoms with van der Waals surface area (Å²) in [7, 11) is 0. The maximum atomic E-state index is 5.13. The molecule has 1 saturated heterocycles. The van der Waals surface area contributed by atoms with Gasteiger partial charge in [0.15, 0.2) is 0 Å². The number of rotatable bonds is 0. The van der Waals surface area contributed by atoms with Crippen LogP contribution in [0.25, 0.3) is 0 Å². The van der Waals surface area contributed by atoms with E-state index >= 15 is 0 Å². The highest BCUT2D eigenvalue weighted by molar-refractivity contribution is 6.05. The zero-order valence-electron chi connectivity index (χ0n) is 12.7. The Morgan fingerprint density at radius 3 is 3.00 bits per heavy atom. The lowest BCUT2D eigenvalue weighted by Crippen LogP contribution is -2.44. The molecule has 0 aromatic rings. The van der Waals surface area contributed by atoms with Crippen LogP contribution < -0.4 is 0 Å². The maximum Gasteiger partial charge on any atom is 0.0678 e. The molecule has 110 valence electrons. The van der Waals surface area contributed by atoms with E-state index in [0.717, 1.165) is 5.92 Å². The van der Waals surface area contributed by atoms with E-state index < -0.39 is 0 Å². The number of allylic oxidation sites excluding steroid dienone is 6. The topological polar surface area (TPSA) is 15.6 Å². The third kappa shape index (κ3) is 1.74. The van der Waals surface area contributed by atoms with Crippen LogP contribution in [-0.4, -0.2) is 23.7 Å². The van der Waals surface area contributed by atoms with Crippen molar-refractivity contribution in [3.05, 3.63) is 35.2 Å². The van der Waals surface area contributed by atoms with Crippen molar-refractivity contribution in [3.63, 3.8) is 0 Å². The lowest BCUT2D eigenvalue weighted by Gasteiger charge is -2.44. The third-order valence-electron chi connectivity index (χ3n) is 6.32. The normalized spacial score (nSPS) is 37.3. The third-order valence-corrected chi connectivity index (χ3v) is 6.32. The number of aliphatic imine (C=N–C) groups is 1. The molecule has 2 nitrogen and oxygen atoms in total. The summed E-state index contributed by atoms with van der Waals surface area (Å²) in [6.07, 6.45) is 16.3. The second-order valence-corrected chi connectivity index (χ2v) is 7.35. The SMILES string of the molecule is C1=CCC2C(=C1)N=C1C3=C4CCCCC4CCN3CCC12. The summed E-state index contributed by atoms with van der Waals surface area (Å²) in [6.45, 7) is 2.54. The molecule has 3 heterocycles. The average molecular weight is 280 g/mol. The van der Waals surface area contributed by atoms with Crippen molar-refractivity contribution >= 4 is 5.71 Å². The average Bonchev–Trinajstić information content (AvgIpc) is 2.93. The second-order valence-electron chi connectivity index (χ2n) is 7.35. The lowest BCUT2D eigenvalue weighted by atomic mass is 9.73. The van der Waals surface area contributed by atoms with Crippen molar-refractivity contribution in [2.24, 2.45) is 22.7 Å². The van der Waals surface area contributed by atoms with Gasteiger partial charge in [-0.25, -0.2) is 0 Å². The Balaban J connectivity index is 1.62. The zero-order chi connectivity index (χ0) is 13.8. The van der Waals surface area contributed by atoms with E-state index in [-0.39, 0.29) is 0 Å². The smallest absolute Gasteiger partial charge is 0.0678 e. The molecule has 5 aliphatic rings. The molecule has 0 amide bonds. The number of hydrogen-bond donors (Lipinski definition) is 0. The summed E-state index contributed by atoms with van der Waals surface area (Å²) >= 11 is 0. The van der Waals surface area contributed by atoms with Crippen LogP contribution in [0, 0.1) is 17.8 Å². The Morgan fingerprint density at radius 2 is 2.00 bits per heavy atom. The fraction of sp³-hybridized carbons (Fsp3) is 0.632. The molecule has 0 bridgehead atoms. The minimum atomic E-state index is 0.684. The molecular weight excluding hydrogens is 256 g/mol. The number of hydrogen-bond acceptors (Lipinski definition) is 2. The van der Waals surface area contributed by atoms with Crippen molar-refractivity contribution in [3.8, 4) is 0 Å². The van der Waals surface area contributed by atoms with E-state index in [0.29, 0.717) is 11.8 Å². The molecule has 3 atom stereocenters. The monoisotopic (exact) mass is 280 g/mol. The van der Waals surface area contributed by atoms with Crippen molar-refractivity contribution in [1.29, 1.82) is 0 Å². The van der Waals surface area contributed by atoms with E-state index in [1.807, 2.05) is 0 Å². The summed E-state index contributed by atoms with van der Waals surface area (Å²) in [5, 5.41) is 0. The highest BCUT2D eigenvalue weighted by atomic mass is 15.2. The van der Waals surface area contributed by atoms with E-state index in [4.69, 9.17) is 4.99 Å². The Hall–Kier alpha value is -1.31. The van der Waals surface area contributed by atoms with E-state index in [2.05, 4.69) is 23.1 Å². The molecule has 2 aliphatic carbocycles. The molecule has 5 rings (SSSR count). The summed E-state index contributed by atoms with van der Waals surface area (Å²) < 4.78 is 0. The van der Waals surface area contributed by atoms with Gasteiger partial charge in [-0.2, -0.15) is 0 Å². The van der Waals surface area contributed by atoms with Crippen molar-refractivity contribution < 1.29 is 0 Å². The van der Waals surface area contributed by atoms with Crippen LogP contribution >= 0.6 is 0 Å². The molecule has 0 N–H and O–H groups in total. The predicted octanol–water partition coefficient (Wildman–Crippen LogP) is 4.07. The van der Waals surface area contributed by atoms with Crippen LogP contribution in [0.3, 0.4) is 0 Å². The van der Waals surface area contributed by atoms with E-state index in [1.165, 1.54) is 69.4 Å². The first-order chi connectivity index (χ1) is 10.4. The fourth-order valence-electron chi connectivity index (χ4n) is 5.29. The Kier molecular flexibility index (Phi) is 2.68. The molecule has 0 aromatic carbocycles. The minimum absolute atomic E-state index is 0.684. The molecule has 0 aromatic heterocycles. The van der Waals surface area contributed by atoms with Gasteiger partial charge in [-0.05, 0) is 56.1 Å². The van der Waals surface area contributed by atoms with Gasteiger partial charge < -0.3 is 4.90 Å². The quantitative estimate of drug-likeness (QED) is 0.653. The van der Waals surface area contributed by atoms with Gasteiger partial charge in [0, 0.05) is 30.6 Å². The molecule has 0 spiro atoms. The molecule has 21 heavy (non-hydrogen) atoms. The van der Waals surface area contributed by atoms with E-state index in [1.54, 1.807) is 11.3 Å². The standard InChI is InChI=1S/C19H24N2/c1-2-6-14-13(5-1)9-11-21-12-10-16-15-7-3-4-8-17(15)20-18(16)19(14)21/h3-4,8,13,15-16H,1-2,5-7,9-12H2. The minimum Gasteiger partial charge on any atom is -0.370 e. The fourth-order valence-corrected chi connectivity index (χ4v) is 5.29. The maximum absolute atomic E-state index is 5.13. The van der Waals surface area contributed by atoms with Crippen LogP contribution in [0.4, 0.5) is 0 Å². The van der Waals surface area contributed by atoms with Crippen LogP contribution in [-0.2, 0) is 0 Å². The largest absolute Gasteiger partial charge is 0.370 e. The summed E-state index contributed by atoms with van der Waals surface area (Å²) in [4.78, 5) is 7.81. The van der Waals surface area contributed by atoms with Crippen LogP contribution in [0.1, 0.15) is 44.9 Å². The van der Waals surface area contributed by atoms with Gasteiger partial charge in [0.05, 0.1) is 11.4 Å². The molecule has 0 radical (unpaired) electrons. The van der Waals surface area contributed by atoms with Gasteiger partial charge >= 0.3 is 0 Å². The predicted molar refractivity (Wildman–Crippen MR) is 86.0 cm³/mol. The van der Waals surface area contributed by atoms with Crippen LogP contribution in [0.5, 0.6) is 0 Å². The molecule has 2 fully saturated rings. The zero-order valence-corrected chi connectivity index (χ0v) is 12.7. The van der Waals surface area contributed by atoms with Gasteiger partial charge in [-0.1, -0.05) is 18.6 Å². The Labute approximate surface area is 127 Å². The first-order valence-electron chi connectivity index (χ1n) is 8.85. The lowest BCUT2D eigenvalue weighted by molar-refractivity contribution is 0.239. The highest BCUT2D eigenvalue weighted by Crippen LogP contribution is 2.47. The Bertz CT molecular complexity index is 593. The molecule has 3 aliphatic heterocycles. The van der Waals surface area contributed by atoms with Crippen LogP contribution in [0.2, 0.25) is 0 Å².